The predicted molar refractivity (Wildman–Crippen MR) is 81.9 cm³/mol. The van der Waals surface area contributed by atoms with E-state index in [1.165, 1.54) is 0 Å². The van der Waals surface area contributed by atoms with Crippen LogP contribution in [0.1, 0.15) is 16.8 Å². The molecule has 0 unspecified atom stereocenters. The number of aromatic nitrogens is 2. The molecule has 7 heteroatoms. The fraction of sp³-hybridized carbons (Fsp3) is 0.357. The maximum absolute atomic E-state index is 12.1. The van der Waals surface area contributed by atoms with Crippen LogP contribution in [-0.4, -0.2) is 24.7 Å². The SMILES string of the molecule is Cn1ccc(CCNS(=O)(=O)Cc2ccccc2CN)n1. The van der Waals surface area contributed by atoms with Crippen molar-refractivity contribution in [2.75, 3.05) is 6.54 Å². The normalized spacial score (nSPS) is 11.7. The molecule has 6 nitrogen and oxygen atoms in total. The Morgan fingerprint density at radius 3 is 2.57 bits per heavy atom. The number of hydrogen-bond donors (Lipinski definition) is 2. The maximum Gasteiger partial charge on any atom is 0.215 e. The Morgan fingerprint density at radius 2 is 1.95 bits per heavy atom. The van der Waals surface area contributed by atoms with Crippen molar-refractivity contribution in [2.45, 2.75) is 18.7 Å². The average Bonchev–Trinajstić information content (AvgIpc) is 2.84. The van der Waals surface area contributed by atoms with E-state index in [1.807, 2.05) is 37.5 Å². The zero-order valence-electron chi connectivity index (χ0n) is 12.0. The average molecular weight is 308 g/mol. The van der Waals surface area contributed by atoms with Gasteiger partial charge in [-0.05, 0) is 17.2 Å². The molecule has 0 amide bonds. The van der Waals surface area contributed by atoms with Gasteiger partial charge in [-0.2, -0.15) is 5.10 Å². The Hall–Kier alpha value is -1.70. The molecular formula is C14H20N4O2S. The minimum atomic E-state index is -3.37. The molecule has 0 bridgehead atoms. The van der Waals surface area contributed by atoms with Crippen molar-refractivity contribution in [2.24, 2.45) is 12.8 Å². The van der Waals surface area contributed by atoms with Crippen LogP contribution in [0.2, 0.25) is 0 Å². The number of rotatable bonds is 7. The third-order valence-electron chi connectivity index (χ3n) is 3.16. The smallest absolute Gasteiger partial charge is 0.215 e. The largest absolute Gasteiger partial charge is 0.326 e. The lowest BCUT2D eigenvalue weighted by Gasteiger charge is -2.09. The fourth-order valence-electron chi connectivity index (χ4n) is 2.08. The minimum absolute atomic E-state index is 0.0530. The number of sulfonamides is 1. The molecule has 0 spiro atoms. The lowest BCUT2D eigenvalue weighted by molar-refractivity contribution is 0.580. The molecule has 1 heterocycles. The predicted octanol–water partition coefficient (Wildman–Crippen LogP) is 0.541. The van der Waals surface area contributed by atoms with Gasteiger partial charge in [0.05, 0.1) is 11.4 Å². The van der Waals surface area contributed by atoms with Crippen LogP contribution >= 0.6 is 0 Å². The summed E-state index contributed by atoms with van der Waals surface area (Å²) in [6, 6.07) is 9.18. The second-order valence-corrected chi connectivity index (χ2v) is 6.66. The quantitative estimate of drug-likeness (QED) is 0.781. The van der Waals surface area contributed by atoms with Crippen LogP contribution in [0.25, 0.3) is 0 Å². The van der Waals surface area contributed by atoms with Gasteiger partial charge in [0.25, 0.3) is 0 Å². The molecule has 3 N–H and O–H groups in total. The number of nitrogens with zero attached hydrogens (tertiary/aromatic N) is 2. The first-order valence-corrected chi connectivity index (χ1v) is 8.38. The number of nitrogens with two attached hydrogens (primary N) is 1. The summed E-state index contributed by atoms with van der Waals surface area (Å²) >= 11 is 0. The summed E-state index contributed by atoms with van der Waals surface area (Å²) in [5.41, 5.74) is 8.08. The first-order chi connectivity index (χ1) is 10.00. The Bertz CT molecular complexity index is 695. The zero-order chi connectivity index (χ0) is 15.3. The summed E-state index contributed by atoms with van der Waals surface area (Å²) in [6.07, 6.45) is 2.40. The highest BCUT2D eigenvalue weighted by Crippen LogP contribution is 2.11. The molecule has 1 aromatic heterocycles. The van der Waals surface area contributed by atoms with E-state index in [9.17, 15) is 8.42 Å². The van der Waals surface area contributed by atoms with Crippen molar-refractivity contribution in [3.63, 3.8) is 0 Å². The first-order valence-electron chi connectivity index (χ1n) is 6.73. The molecular weight excluding hydrogens is 288 g/mol. The molecule has 0 aliphatic heterocycles. The highest BCUT2D eigenvalue weighted by atomic mass is 32.2. The van der Waals surface area contributed by atoms with Crippen LogP contribution in [0.4, 0.5) is 0 Å². The third kappa shape index (κ3) is 4.66. The Balaban J connectivity index is 1.92. The van der Waals surface area contributed by atoms with Crippen LogP contribution < -0.4 is 10.5 Å². The molecule has 2 rings (SSSR count). The Labute approximate surface area is 125 Å². The second-order valence-electron chi connectivity index (χ2n) is 4.86. The summed E-state index contributed by atoms with van der Waals surface area (Å²) in [5.74, 6) is -0.0530. The maximum atomic E-state index is 12.1. The van der Waals surface area contributed by atoms with E-state index < -0.39 is 10.0 Å². The minimum Gasteiger partial charge on any atom is -0.326 e. The number of hydrogen-bond acceptors (Lipinski definition) is 4. The van der Waals surface area contributed by atoms with E-state index in [1.54, 1.807) is 10.7 Å². The van der Waals surface area contributed by atoms with E-state index in [0.717, 1.165) is 16.8 Å². The van der Waals surface area contributed by atoms with Crippen molar-refractivity contribution in [1.82, 2.24) is 14.5 Å². The molecule has 0 atom stereocenters. The molecule has 2 aromatic rings. The Kier molecular flexibility index (Phi) is 5.11. The van der Waals surface area contributed by atoms with Crippen LogP contribution in [-0.2, 0) is 35.8 Å². The molecule has 0 aliphatic carbocycles. The topological polar surface area (TPSA) is 90.0 Å². The first kappa shape index (κ1) is 15.7. The van der Waals surface area contributed by atoms with Crippen LogP contribution in [0, 0.1) is 0 Å². The highest BCUT2D eigenvalue weighted by molar-refractivity contribution is 7.88. The molecule has 0 saturated carbocycles. The summed E-state index contributed by atoms with van der Waals surface area (Å²) in [6.45, 7) is 0.670. The van der Waals surface area contributed by atoms with E-state index >= 15 is 0 Å². The van der Waals surface area contributed by atoms with Gasteiger partial charge in [-0.15, -0.1) is 0 Å². The van der Waals surface area contributed by atoms with Gasteiger partial charge in [0, 0.05) is 32.8 Å². The van der Waals surface area contributed by atoms with Crippen LogP contribution in [0.15, 0.2) is 36.5 Å². The van der Waals surface area contributed by atoms with Crippen LogP contribution in [0.5, 0.6) is 0 Å². The van der Waals surface area contributed by atoms with Crippen molar-refractivity contribution >= 4 is 10.0 Å². The van der Waals surface area contributed by atoms with E-state index in [-0.39, 0.29) is 5.75 Å². The molecule has 0 saturated heterocycles. The van der Waals surface area contributed by atoms with Crippen molar-refractivity contribution in [1.29, 1.82) is 0 Å². The molecule has 0 aliphatic rings. The monoisotopic (exact) mass is 308 g/mol. The van der Waals surface area contributed by atoms with Gasteiger partial charge >= 0.3 is 0 Å². The molecule has 114 valence electrons. The van der Waals surface area contributed by atoms with Gasteiger partial charge in [-0.25, -0.2) is 13.1 Å². The number of nitrogens with one attached hydrogen (secondary N) is 1. The lowest BCUT2D eigenvalue weighted by atomic mass is 10.1. The fourth-order valence-corrected chi connectivity index (χ4v) is 3.29. The summed E-state index contributed by atoms with van der Waals surface area (Å²) in [4.78, 5) is 0. The molecule has 1 aromatic carbocycles. The summed E-state index contributed by atoms with van der Waals surface area (Å²) < 4.78 is 28.5. The van der Waals surface area contributed by atoms with Crippen molar-refractivity contribution in [3.05, 3.63) is 53.3 Å². The molecule has 21 heavy (non-hydrogen) atoms. The van der Waals surface area contributed by atoms with E-state index in [4.69, 9.17) is 5.73 Å². The van der Waals surface area contributed by atoms with Gasteiger partial charge < -0.3 is 5.73 Å². The van der Waals surface area contributed by atoms with E-state index in [2.05, 4.69) is 9.82 Å². The zero-order valence-corrected chi connectivity index (χ0v) is 12.8. The van der Waals surface area contributed by atoms with Gasteiger partial charge in [-0.3, -0.25) is 4.68 Å². The van der Waals surface area contributed by atoms with Gasteiger partial charge in [0.1, 0.15) is 0 Å². The van der Waals surface area contributed by atoms with E-state index in [0.29, 0.717) is 19.5 Å². The lowest BCUT2D eigenvalue weighted by Crippen LogP contribution is -2.27. The van der Waals surface area contributed by atoms with Gasteiger partial charge in [-0.1, -0.05) is 24.3 Å². The van der Waals surface area contributed by atoms with Gasteiger partial charge in [0.2, 0.25) is 10.0 Å². The van der Waals surface area contributed by atoms with Gasteiger partial charge in [0.15, 0.2) is 0 Å². The number of benzene rings is 1. The summed E-state index contributed by atoms with van der Waals surface area (Å²) in [5, 5.41) is 4.21. The molecule has 0 fully saturated rings. The molecule has 0 radical (unpaired) electrons. The second kappa shape index (κ2) is 6.84. The van der Waals surface area contributed by atoms with Crippen LogP contribution in [0.3, 0.4) is 0 Å². The summed E-state index contributed by atoms with van der Waals surface area (Å²) in [7, 11) is -1.54. The number of aryl methyl sites for hydroxylation is 1. The highest BCUT2D eigenvalue weighted by Gasteiger charge is 2.13. The van der Waals surface area contributed by atoms with Crippen molar-refractivity contribution < 1.29 is 8.42 Å². The third-order valence-corrected chi connectivity index (χ3v) is 4.49. The van der Waals surface area contributed by atoms with Crippen molar-refractivity contribution in [3.8, 4) is 0 Å². The Morgan fingerprint density at radius 1 is 1.24 bits per heavy atom. The standard InChI is InChI=1S/C14H20N4O2S/c1-18-9-7-14(17-18)6-8-16-21(19,20)11-13-5-3-2-4-12(13)10-15/h2-5,7,9,16H,6,8,10-11,15H2,1H3.